The second kappa shape index (κ2) is 7.21. The molecule has 19 heavy (non-hydrogen) atoms. The summed E-state index contributed by atoms with van der Waals surface area (Å²) in [6.07, 6.45) is 0.746. The van der Waals surface area contributed by atoms with Gasteiger partial charge in [-0.25, -0.2) is 0 Å². The van der Waals surface area contributed by atoms with Crippen LogP contribution < -0.4 is 5.73 Å². The van der Waals surface area contributed by atoms with Crippen LogP contribution in [-0.4, -0.2) is 34.9 Å². The summed E-state index contributed by atoms with van der Waals surface area (Å²) in [4.78, 5) is 13.8. The Morgan fingerprint density at radius 3 is 2.68 bits per heavy atom. The van der Waals surface area contributed by atoms with E-state index < -0.39 is 0 Å². The monoisotopic (exact) mass is 303 g/mol. The summed E-state index contributed by atoms with van der Waals surface area (Å²) in [6, 6.07) is 4.65. The predicted octanol–water partition coefficient (Wildman–Crippen LogP) is 2.59. The van der Waals surface area contributed by atoms with Crippen LogP contribution in [0.2, 0.25) is 10.0 Å². The van der Waals surface area contributed by atoms with Crippen molar-refractivity contribution in [1.82, 2.24) is 4.90 Å². The number of carbonyl (C=O) groups is 1. The number of benzene rings is 1. The molecule has 1 amide bonds. The van der Waals surface area contributed by atoms with E-state index in [2.05, 4.69) is 5.16 Å². The topological polar surface area (TPSA) is 78.9 Å². The van der Waals surface area contributed by atoms with E-state index in [4.69, 9.17) is 34.1 Å². The van der Waals surface area contributed by atoms with Gasteiger partial charge in [-0.1, -0.05) is 35.3 Å². The number of oxime groups is 1. The minimum Gasteiger partial charge on any atom is -0.409 e. The van der Waals surface area contributed by atoms with E-state index >= 15 is 0 Å². The van der Waals surface area contributed by atoms with Gasteiger partial charge in [-0.05, 0) is 24.6 Å². The summed E-state index contributed by atoms with van der Waals surface area (Å²) < 4.78 is 0. The number of amidine groups is 1. The van der Waals surface area contributed by atoms with E-state index in [1.165, 1.54) is 11.0 Å². The van der Waals surface area contributed by atoms with Crippen LogP contribution >= 0.6 is 23.2 Å². The van der Waals surface area contributed by atoms with E-state index in [1.54, 1.807) is 12.1 Å². The number of carbonyl (C=O) groups excluding carboxylic acids is 1. The van der Waals surface area contributed by atoms with Crippen molar-refractivity contribution in [2.24, 2.45) is 10.9 Å². The van der Waals surface area contributed by atoms with Gasteiger partial charge in [0.2, 0.25) is 0 Å². The van der Waals surface area contributed by atoms with Gasteiger partial charge in [0.15, 0.2) is 5.84 Å². The average Bonchev–Trinajstić information content (AvgIpc) is 2.37. The Labute approximate surface area is 121 Å². The predicted molar refractivity (Wildman–Crippen MR) is 76.1 cm³/mol. The fourth-order valence-electron chi connectivity index (χ4n) is 1.58. The Hall–Kier alpha value is -1.46. The zero-order valence-corrected chi connectivity index (χ0v) is 11.9. The summed E-state index contributed by atoms with van der Waals surface area (Å²) in [5.41, 5.74) is 5.77. The van der Waals surface area contributed by atoms with E-state index in [0.29, 0.717) is 17.1 Å². The maximum Gasteiger partial charge on any atom is 0.255 e. The molecule has 0 spiro atoms. The molecule has 0 saturated heterocycles. The van der Waals surface area contributed by atoms with Gasteiger partial charge in [0, 0.05) is 11.6 Å². The molecule has 0 unspecified atom stereocenters. The van der Waals surface area contributed by atoms with E-state index in [1.807, 2.05) is 6.92 Å². The lowest BCUT2D eigenvalue weighted by molar-refractivity contribution is 0.0778. The molecule has 0 radical (unpaired) electrons. The third-order valence-corrected chi connectivity index (χ3v) is 2.97. The van der Waals surface area contributed by atoms with Crippen LogP contribution in [-0.2, 0) is 0 Å². The number of hydrogen-bond acceptors (Lipinski definition) is 3. The average molecular weight is 304 g/mol. The van der Waals surface area contributed by atoms with E-state index in [0.717, 1.165) is 6.42 Å². The van der Waals surface area contributed by atoms with Crippen LogP contribution in [0, 0.1) is 0 Å². The molecule has 7 heteroatoms. The highest BCUT2D eigenvalue weighted by Crippen LogP contribution is 2.22. The lowest BCUT2D eigenvalue weighted by Gasteiger charge is -2.21. The van der Waals surface area contributed by atoms with E-state index in [-0.39, 0.29) is 23.3 Å². The molecule has 1 aromatic rings. The van der Waals surface area contributed by atoms with Crippen LogP contribution in [0.4, 0.5) is 0 Å². The lowest BCUT2D eigenvalue weighted by Crippen LogP contribution is -2.39. The fourth-order valence-corrected chi connectivity index (χ4v) is 2.07. The lowest BCUT2D eigenvalue weighted by atomic mass is 10.2. The quantitative estimate of drug-likeness (QED) is 0.380. The molecule has 5 nitrogen and oxygen atoms in total. The summed E-state index contributed by atoms with van der Waals surface area (Å²) in [6.45, 7) is 2.45. The maximum atomic E-state index is 12.3. The SMILES string of the molecule is CCCN(CC(N)=NO)C(=O)c1ccc(Cl)cc1Cl. The number of rotatable bonds is 5. The second-order valence-electron chi connectivity index (χ2n) is 3.94. The van der Waals surface area contributed by atoms with Crippen LogP contribution in [0.5, 0.6) is 0 Å². The molecule has 0 aliphatic carbocycles. The van der Waals surface area contributed by atoms with Gasteiger partial charge >= 0.3 is 0 Å². The molecule has 104 valence electrons. The Morgan fingerprint density at radius 2 is 2.16 bits per heavy atom. The van der Waals surface area contributed by atoms with Crippen molar-refractivity contribution in [3.63, 3.8) is 0 Å². The van der Waals surface area contributed by atoms with Gasteiger partial charge in [-0.2, -0.15) is 0 Å². The van der Waals surface area contributed by atoms with Gasteiger partial charge in [0.25, 0.3) is 5.91 Å². The molecule has 0 aromatic heterocycles. The first-order valence-corrected chi connectivity index (χ1v) is 6.46. The van der Waals surface area contributed by atoms with Crippen molar-refractivity contribution in [1.29, 1.82) is 0 Å². The number of nitrogens with zero attached hydrogens (tertiary/aromatic N) is 2. The van der Waals surface area contributed by atoms with Crippen molar-refractivity contribution in [2.75, 3.05) is 13.1 Å². The molecule has 0 bridgehead atoms. The molecule has 0 saturated carbocycles. The molecule has 0 fully saturated rings. The van der Waals surface area contributed by atoms with Gasteiger partial charge in [-0.15, -0.1) is 0 Å². The third-order valence-electron chi connectivity index (χ3n) is 2.42. The smallest absolute Gasteiger partial charge is 0.255 e. The Bertz CT molecular complexity index is 492. The first kappa shape index (κ1) is 15.6. The Morgan fingerprint density at radius 1 is 1.47 bits per heavy atom. The van der Waals surface area contributed by atoms with Crippen LogP contribution in [0.25, 0.3) is 0 Å². The highest BCUT2D eigenvalue weighted by Gasteiger charge is 2.19. The van der Waals surface area contributed by atoms with Crippen molar-refractivity contribution in [3.8, 4) is 0 Å². The molecule has 0 aliphatic rings. The Kier molecular flexibility index (Phi) is 5.92. The van der Waals surface area contributed by atoms with Crippen molar-refractivity contribution < 1.29 is 10.0 Å². The van der Waals surface area contributed by atoms with Gasteiger partial charge in [-0.3, -0.25) is 4.79 Å². The number of halogens is 2. The number of amides is 1. The van der Waals surface area contributed by atoms with E-state index in [9.17, 15) is 4.79 Å². The van der Waals surface area contributed by atoms with Crippen LogP contribution in [0.3, 0.4) is 0 Å². The number of hydrogen-bond donors (Lipinski definition) is 2. The fraction of sp³-hybridized carbons (Fsp3) is 0.333. The molecular weight excluding hydrogens is 289 g/mol. The van der Waals surface area contributed by atoms with Crippen molar-refractivity contribution >= 4 is 34.9 Å². The first-order valence-electron chi connectivity index (χ1n) is 5.70. The van der Waals surface area contributed by atoms with Gasteiger partial charge in [0.1, 0.15) is 0 Å². The second-order valence-corrected chi connectivity index (χ2v) is 4.79. The standard InChI is InChI=1S/C12H15Cl2N3O2/c1-2-5-17(7-11(15)16-19)12(18)9-4-3-8(13)6-10(9)14/h3-4,6,19H,2,5,7H2,1H3,(H2,15,16). The zero-order valence-electron chi connectivity index (χ0n) is 10.4. The van der Waals surface area contributed by atoms with Crippen molar-refractivity contribution in [2.45, 2.75) is 13.3 Å². The molecular formula is C12H15Cl2N3O2. The van der Waals surface area contributed by atoms with Crippen LogP contribution in [0.15, 0.2) is 23.4 Å². The number of nitrogens with two attached hydrogens (primary N) is 1. The maximum absolute atomic E-state index is 12.3. The largest absolute Gasteiger partial charge is 0.409 e. The highest BCUT2D eigenvalue weighted by molar-refractivity contribution is 6.36. The molecule has 3 N–H and O–H groups in total. The summed E-state index contributed by atoms with van der Waals surface area (Å²) in [5.74, 6) is -0.318. The molecule has 0 aliphatic heterocycles. The molecule has 1 aromatic carbocycles. The highest BCUT2D eigenvalue weighted by atomic mass is 35.5. The van der Waals surface area contributed by atoms with Crippen LogP contribution in [0.1, 0.15) is 23.7 Å². The molecule has 1 rings (SSSR count). The third kappa shape index (κ3) is 4.29. The van der Waals surface area contributed by atoms with Gasteiger partial charge < -0.3 is 15.8 Å². The normalized spacial score (nSPS) is 11.4. The van der Waals surface area contributed by atoms with Gasteiger partial charge in [0.05, 0.1) is 17.1 Å². The summed E-state index contributed by atoms with van der Waals surface area (Å²) in [5, 5.41) is 12.2. The molecule has 0 heterocycles. The summed E-state index contributed by atoms with van der Waals surface area (Å²) >= 11 is 11.8. The first-order chi connectivity index (χ1) is 8.99. The minimum absolute atomic E-state index is 0.0353. The Balaban J connectivity index is 2.98. The zero-order chi connectivity index (χ0) is 14.4. The molecule has 0 atom stereocenters. The summed E-state index contributed by atoms with van der Waals surface area (Å²) in [7, 11) is 0. The van der Waals surface area contributed by atoms with Crippen molar-refractivity contribution in [3.05, 3.63) is 33.8 Å². The minimum atomic E-state index is -0.282.